The van der Waals surface area contributed by atoms with Crippen molar-refractivity contribution in [2.24, 2.45) is 0 Å². The summed E-state index contributed by atoms with van der Waals surface area (Å²) >= 11 is 3.48. The lowest BCUT2D eigenvalue weighted by Gasteiger charge is -2.32. The number of nitrogens with one attached hydrogen (secondary N) is 1. The fourth-order valence-corrected chi connectivity index (χ4v) is 3.62. The van der Waals surface area contributed by atoms with Crippen LogP contribution in [0.1, 0.15) is 40.2 Å². The largest absolute Gasteiger partial charge is 0.388 e. The Morgan fingerprint density at radius 3 is 2.42 bits per heavy atom. The molecule has 0 atom stereocenters. The van der Waals surface area contributed by atoms with Crippen LogP contribution in [0.15, 0.2) is 46.9 Å². The number of nitrogens with zero attached hydrogens (tertiary/aromatic N) is 1. The average molecular weight is 387 g/mol. The third-order valence-corrected chi connectivity index (χ3v) is 5.41. The van der Waals surface area contributed by atoms with E-state index in [9.17, 15) is 4.79 Å². The molecule has 3 rings (SSSR count). The van der Waals surface area contributed by atoms with Gasteiger partial charge in [-0.05, 0) is 61.1 Å². The van der Waals surface area contributed by atoms with E-state index in [-0.39, 0.29) is 5.91 Å². The zero-order valence-corrected chi connectivity index (χ0v) is 15.8. The second kappa shape index (κ2) is 7.39. The Morgan fingerprint density at radius 1 is 1.12 bits per heavy atom. The minimum atomic E-state index is 0.140. The van der Waals surface area contributed by atoms with Crippen molar-refractivity contribution in [3.05, 3.63) is 63.6 Å². The van der Waals surface area contributed by atoms with Gasteiger partial charge in [-0.1, -0.05) is 34.1 Å². The van der Waals surface area contributed by atoms with Crippen molar-refractivity contribution in [3.63, 3.8) is 0 Å². The van der Waals surface area contributed by atoms with E-state index in [0.717, 1.165) is 47.2 Å². The number of anilines is 1. The third-order valence-electron chi connectivity index (χ3n) is 4.88. The fourth-order valence-electron chi connectivity index (χ4n) is 3.36. The molecule has 2 aromatic rings. The van der Waals surface area contributed by atoms with Crippen molar-refractivity contribution < 1.29 is 4.79 Å². The summed E-state index contributed by atoms with van der Waals surface area (Å²) in [4.78, 5) is 14.7. The molecule has 0 spiro atoms. The van der Waals surface area contributed by atoms with Crippen LogP contribution < -0.4 is 5.32 Å². The molecule has 0 radical (unpaired) electrons. The van der Waals surface area contributed by atoms with Gasteiger partial charge in [0.05, 0.1) is 0 Å². The number of carbonyl (C=O) groups is 1. The van der Waals surface area contributed by atoms with E-state index in [1.54, 1.807) is 0 Å². The van der Waals surface area contributed by atoms with Crippen LogP contribution >= 0.6 is 15.9 Å². The first-order chi connectivity index (χ1) is 11.6. The van der Waals surface area contributed by atoms with Gasteiger partial charge in [-0.25, -0.2) is 0 Å². The first-order valence-electron chi connectivity index (χ1n) is 8.41. The highest BCUT2D eigenvalue weighted by Crippen LogP contribution is 2.29. The normalized spacial score (nSPS) is 15.4. The van der Waals surface area contributed by atoms with E-state index in [1.807, 2.05) is 37.1 Å². The van der Waals surface area contributed by atoms with Crippen LogP contribution in [0.5, 0.6) is 0 Å². The summed E-state index contributed by atoms with van der Waals surface area (Å²) in [5, 5.41) is 3.15. The van der Waals surface area contributed by atoms with Crippen LogP contribution in [0, 0.1) is 6.92 Å². The molecule has 0 bridgehead atoms. The second-order valence-electron chi connectivity index (χ2n) is 6.40. The molecule has 0 unspecified atom stereocenters. The number of aryl methyl sites for hydroxylation is 1. The Balaban J connectivity index is 1.66. The highest BCUT2D eigenvalue weighted by atomic mass is 79.9. The SMILES string of the molecule is CNc1cc(C(=O)N2CCC(c3ccc(Br)cc3)CC2)ccc1C. The first-order valence-corrected chi connectivity index (χ1v) is 9.21. The number of hydrogen-bond acceptors (Lipinski definition) is 2. The zero-order chi connectivity index (χ0) is 17.1. The molecule has 1 aliphatic heterocycles. The number of halogens is 1. The van der Waals surface area contributed by atoms with E-state index >= 15 is 0 Å². The molecule has 4 heteroatoms. The summed E-state index contributed by atoms with van der Waals surface area (Å²) < 4.78 is 1.11. The number of hydrogen-bond donors (Lipinski definition) is 1. The van der Waals surface area contributed by atoms with Gasteiger partial charge in [0.2, 0.25) is 0 Å². The lowest BCUT2D eigenvalue weighted by atomic mass is 9.89. The summed E-state index contributed by atoms with van der Waals surface area (Å²) in [6, 6.07) is 14.5. The van der Waals surface area contributed by atoms with Crippen molar-refractivity contribution in [2.45, 2.75) is 25.7 Å². The zero-order valence-electron chi connectivity index (χ0n) is 14.2. The number of rotatable bonds is 3. The Bertz CT molecular complexity index is 719. The Morgan fingerprint density at radius 2 is 1.79 bits per heavy atom. The lowest BCUT2D eigenvalue weighted by molar-refractivity contribution is 0.0713. The van der Waals surface area contributed by atoms with E-state index in [4.69, 9.17) is 0 Å². The van der Waals surface area contributed by atoms with Gasteiger partial charge < -0.3 is 10.2 Å². The highest BCUT2D eigenvalue weighted by Gasteiger charge is 2.24. The fraction of sp³-hybridized carbons (Fsp3) is 0.350. The van der Waals surface area contributed by atoms with Gasteiger partial charge in [0.15, 0.2) is 0 Å². The Labute approximate surface area is 152 Å². The number of likely N-dealkylation sites (tertiary alicyclic amines) is 1. The predicted octanol–water partition coefficient (Wildman–Crippen LogP) is 4.82. The quantitative estimate of drug-likeness (QED) is 0.819. The highest BCUT2D eigenvalue weighted by molar-refractivity contribution is 9.10. The monoisotopic (exact) mass is 386 g/mol. The summed E-state index contributed by atoms with van der Waals surface area (Å²) in [6.45, 7) is 3.69. The number of benzene rings is 2. The van der Waals surface area contributed by atoms with Crippen LogP contribution in [-0.2, 0) is 0 Å². The molecule has 2 aromatic carbocycles. The van der Waals surface area contributed by atoms with Gasteiger partial charge in [-0.3, -0.25) is 4.79 Å². The van der Waals surface area contributed by atoms with E-state index < -0.39 is 0 Å². The van der Waals surface area contributed by atoms with E-state index in [2.05, 4.69) is 45.5 Å². The minimum absolute atomic E-state index is 0.140. The van der Waals surface area contributed by atoms with Crippen LogP contribution in [0.2, 0.25) is 0 Å². The molecule has 1 amide bonds. The van der Waals surface area contributed by atoms with Crippen LogP contribution in [0.3, 0.4) is 0 Å². The second-order valence-corrected chi connectivity index (χ2v) is 7.31. The predicted molar refractivity (Wildman–Crippen MR) is 103 cm³/mol. The summed E-state index contributed by atoms with van der Waals surface area (Å²) in [6.07, 6.45) is 2.05. The average Bonchev–Trinajstić information content (AvgIpc) is 2.62. The Hall–Kier alpha value is -1.81. The number of carbonyl (C=O) groups excluding carboxylic acids is 1. The molecule has 0 aliphatic carbocycles. The molecular formula is C20H23BrN2O. The molecule has 1 aliphatic rings. The molecule has 24 heavy (non-hydrogen) atoms. The van der Waals surface area contributed by atoms with E-state index in [0.29, 0.717) is 5.92 Å². The van der Waals surface area contributed by atoms with Crippen LogP contribution in [0.25, 0.3) is 0 Å². The molecule has 0 saturated carbocycles. The molecule has 0 aromatic heterocycles. The maximum Gasteiger partial charge on any atom is 0.253 e. The molecule has 3 nitrogen and oxygen atoms in total. The number of piperidine rings is 1. The maximum atomic E-state index is 12.8. The van der Waals surface area contributed by atoms with Crippen molar-refractivity contribution in [1.82, 2.24) is 4.90 Å². The number of amides is 1. The van der Waals surface area contributed by atoms with Gasteiger partial charge in [0.25, 0.3) is 5.91 Å². The molecule has 1 saturated heterocycles. The molecule has 126 valence electrons. The van der Waals surface area contributed by atoms with Crippen LogP contribution in [0.4, 0.5) is 5.69 Å². The van der Waals surface area contributed by atoms with E-state index in [1.165, 1.54) is 5.56 Å². The first kappa shape index (κ1) is 17.0. The third kappa shape index (κ3) is 3.64. The summed E-state index contributed by atoms with van der Waals surface area (Å²) in [7, 11) is 1.89. The van der Waals surface area contributed by atoms with Crippen molar-refractivity contribution in [2.75, 3.05) is 25.5 Å². The van der Waals surface area contributed by atoms with Gasteiger partial charge in [0.1, 0.15) is 0 Å². The molecular weight excluding hydrogens is 364 g/mol. The van der Waals surface area contributed by atoms with Crippen molar-refractivity contribution in [1.29, 1.82) is 0 Å². The van der Waals surface area contributed by atoms with Gasteiger partial charge in [0, 0.05) is 35.9 Å². The van der Waals surface area contributed by atoms with Crippen LogP contribution in [-0.4, -0.2) is 30.9 Å². The van der Waals surface area contributed by atoms with Gasteiger partial charge >= 0.3 is 0 Å². The maximum absolute atomic E-state index is 12.8. The molecule has 1 N–H and O–H groups in total. The van der Waals surface area contributed by atoms with Crippen molar-refractivity contribution >= 4 is 27.5 Å². The van der Waals surface area contributed by atoms with Crippen molar-refractivity contribution in [3.8, 4) is 0 Å². The molecule has 1 heterocycles. The summed E-state index contributed by atoms with van der Waals surface area (Å²) in [5.74, 6) is 0.689. The Kier molecular flexibility index (Phi) is 5.24. The summed E-state index contributed by atoms with van der Waals surface area (Å²) in [5.41, 5.74) is 4.32. The lowest BCUT2D eigenvalue weighted by Crippen LogP contribution is -2.37. The topological polar surface area (TPSA) is 32.3 Å². The van der Waals surface area contributed by atoms with Gasteiger partial charge in [-0.15, -0.1) is 0 Å². The standard InChI is InChI=1S/C20H23BrN2O/c1-14-3-4-17(13-19(14)22-2)20(24)23-11-9-16(10-12-23)15-5-7-18(21)8-6-15/h3-8,13,16,22H,9-12H2,1-2H3. The molecule has 1 fully saturated rings. The smallest absolute Gasteiger partial charge is 0.253 e. The van der Waals surface area contributed by atoms with Gasteiger partial charge in [-0.2, -0.15) is 0 Å². The minimum Gasteiger partial charge on any atom is -0.388 e.